The molecule has 0 fully saturated rings. The van der Waals surface area contributed by atoms with Gasteiger partial charge in [0.05, 0.1) is 13.0 Å². The molecule has 0 aliphatic carbocycles. The Hall–Kier alpha value is -2.86. The number of esters is 1. The van der Waals surface area contributed by atoms with E-state index in [1.165, 1.54) is 0 Å². The number of fused-ring (bicyclic) bond motifs is 1. The lowest BCUT2D eigenvalue weighted by atomic mass is 10.1. The van der Waals surface area contributed by atoms with Crippen LogP contribution in [0.3, 0.4) is 0 Å². The quantitative estimate of drug-likeness (QED) is 0.420. The average Bonchev–Trinajstić information content (AvgIpc) is 3.23. The standard InChI is InChI=1S/C22H26N2O4/c1-16-14-19(17(2)24(16)12-13-27-3)21(25)15-28-22(26)9-11-23-10-8-18-6-4-5-7-20(18)23/h4-8,10,14H,9,11-13,15H2,1-3H3. The van der Waals surface area contributed by atoms with E-state index in [-0.39, 0.29) is 24.8 Å². The predicted octanol–water partition coefficient (Wildman–Crippen LogP) is 3.52. The van der Waals surface area contributed by atoms with Crippen LogP contribution in [0.25, 0.3) is 10.9 Å². The number of carbonyl (C=O) groups excluding carboxylic acids is 2. The first-order valence-electron chi connectivity index (χ1n) is 9.39. The lowest BCUT2D eigenvalue weighted by Gasteiger charge is -2.09. The van der Waals surface area contributed by atoms with Crippen LogP contribution >= 0.6 is 0 Å². The number of nitrogens with zero attached hydrogens (tertiary/aromatic N) is 2. The van der Waals surface area contributed by atoms with Gasteiger partial charge in [0.2, 0.25) is 5.78 Å². The van der Waals surface area contributed by atoms with Gasteiger partial charge >= 0.3 is 5.97 Å². The van der Waals surface area contributed by atoms with Gasteiger partial charge in [-0.2, -0.15) is 0 Å². The minimum atomic E-state index is -0.376. The number of hydrogen-bond acceptors (Lipinski definition) is 4. The normalized spacial score (nSPS) is 11.1. The molecule has 0 bridgehead atoms. The Morgan fingerprint density at radius 1 is 1.07 bits per heavy atom. The molecule has 0 amide bonds. The molecule has 0 N–H and O–H groups in total. The van der Waals surface area contributed by atoms with E-state index in [0.717, 1.165) is 22.3 Å². The van der Waals surface area contributed by atoms with Crippen LogP contribution in [0.15, 0.2) is 42.6 Å². The summed E-state index contributed by atoms with van der Waals surface area (Å²) >= 11 is 0. The minimum Gasteiger partial charge on any atom is -0.457 e. The Morgan fingerprint density at radius 2 is 1.86 bits per heavy atom. The topological polar surface area (TPSA) is 62.5 Å². The molecule has 0 spiro atoms. The number of methoxy groups -OCH3 is 1. The summed E-state index contributed by atoms with van der Waals surface area (Å²) in [4.78, 5) is 24.6. The van der Waals surface area contributed by atoms with E-state index in [2.05, 4.69) is 0 Å². The molecule has 6 heteroatoms. The summed E-state index contributed by atoms with van der Waals surface area (Å²) in [6.07, 6.45) is 2.18. The first-order valence-corrected chi connectivity index (χ1v) is 9.39. The largest absolute Gasteiger partial charge is 0.457 e. The van der Waals surface area contributed by atoms with Gasteiger partial charge < -0.3 is 18.6 Å². The summed E-state index contributed by atoms with van der Waals surface area (Å²) in [7, 11) is 1.65. The smallest absolute Gasteiger partial charge is 0.308 e. The van der Waals surface area contributed by atoms with Crippen molar-refractivity contribution in [1.82, 2.24) is 9.13 Å². The third kappa shape index (κ3) is 4.34. The third-order valence-corrected chi connectivity index (χ3v) is 4.99. The van der Waals surface area contributed by atoms with Gasteiger partial charge in [-0.05, 0) is 37.4 Å². The van der Waals surface area contributed by atoms with E-state index in [1.807, 2.05) is 65.6 Å². The van der Waals surface area contributed by atoms with Crippen molar-refractivity contribution in [2.24, 2.45) is 0 Å². The number of hydrogen-bond donors (Lipinski definition) is 0. The molecule has 0 unspecified atom stereocenters. The van der Waals surface area contributed by atoms with Crippen LogP contribution < -0.4 is 0 Å². The van der Waals surface area contributed by atoms with E-state index in [1.54, 1.807) is 7.11 Å². The number of ketones is 1. The van der Waals surface area contributed by atoms with Gasteiger partial charge in [0.25, 0.3) is 0 Å². The van der Waals surface area contributed by atoms with Gasteiger partial charge in [-0.1, -0.05) is 18.2 Å². The van der Waals surface area contributed by atoms with E-state index in [0.29, 0.717) is 25.3 Å². The molecule has 2 aromatic heterocycles. The lowest BCUT2D eigenvalue weighted by Crippen LogP contribution is -2.16. The molecule has 2 heterocycles. The summed E-state index contributed by atoms with van der Waals surface area (Å²) < 4.78 is 14.4. The second-order valence-corrected chi connectivity index (χ2v) is 6.83. The van der Waals surface area contributed by atoms with Crippen molar-refractivity contribution in [3.8, 4) is 0 Å². The molecule has 3 aromatic rings. The summed E-state index contributed by atoms with van der Waals surface area (Å²) in [6, 6.07) is 11.9. The number of para-hydroxylation sites is 1. The number of Topliss-reactive ketones (excluding diaryl/α,β-unsaturated/α-hetero) is 1. The SMILES string of the molecule is COCCn1c(C)cc(C(=O)COC(=O)CCn2ccc3ccccc32)c1C. The number of benzene rings is 1. The van der Waals surface area contributed by atoms with Gasteiger partial charge in [-0.3, -0.25) is 9.59 Å². The third-order valence-electron chi connectivity index (χ3n) is 4.99. The number of aromatic nitrogens is 2. The first kappa shape index (κ1) is 19.9. The maximum absolute atomic E-state index is 12.5. The number of aryl methyl sites for hydroxylation is 2. The van der Waals surface area contributed by atoms with Gasteiger partial charge in [-0.15, -0.1) is 0 Å². The summed E-state index contributed by atoms with van der Waals surface area (Å²) in [5, 5.41) is 1.13. The van der Waals surface area contributed by atoms with Gasteiger partial charge in [0, 0.05) is 48.9 Å². The highest BCUT2D eigenvalue weighted by molar-refractivity contribution is 5.99. The van der Waals surface area contributed by atoms with Crippen LogP contribution in [0.5, 0.6) is 0 Å². The number of rotatable bonds is 9. The van der Waals surface area contributed by atoms with E-state index in [4.69, 9.17) is 9.47 Å². The van der Waals surface area contributed by atoms with Crippen LogP contribution in [0.4, 0.5) is 0 Å². The molecule has 148 valence electrons. The molecule has 0 aliphatic heterocycles. The average molecular weight is 382 g/mol. The Kier molecular flexibility index (Phi) is 6.31. The molecule has 0 atom stereocenters. The van der Waals surface area contributed by atoms with Crippen LogP contribution in [-0.2, 0) is 27.4 Å². The Morgan fingerprint density at radius 3 is 2.64 bits per heavy atom. The zero-order valence-corrected chi connectivity index (χ0v) is 16.6. The maximum Gasteiger partial charge on any atom is 0.308 e. The van der Waals surface area contributed by atoms with Gasteiger partial charge in [0.1, 0.15) is 0 Å². The van der Waals surface area contributed by atoms with Crippen molar-refractivity contribution >= 4 is 22.7 Å². The molecule has 0 radical (unpaired) electrons. The summed E-state index contributed by atoms with van der Waals surface area (Å²) in [5.74, 6) is -0.559. The monoisotopic (exact) mass is 382 g/mol. The second-order valence-electron chi connectivity index (χ2n) is 6.83. The van der Waals surface area contributed by atoms with Crippen LogP contribution in [0.1, 0.15) is 28.2 Å². The fourth-order valence-corrected chi connectivity index (χ4v) is 3.45. The lowest BCUT2D eigenvalue weighted by molar-refractivity contribution is -0.142. The van der Waals surface area contributed by atoms with E-state index >= 15 is 0 Å². The fraction of sp³-hybridized carbons (Fsp3) is 0.364. The number of ether oxygens (including phenoxy) is 2. The van der Waals surface area contributed by atoms with Gasteiger partial charge in [-0.25, -0.2) is 0 Å². The first-order chi connectivity index (χ1) is 13.5. The fourth-order valence-electron chi connectivity index (χ4n) is 3.45. The highest BCUT2D eigenvalue weighted by Crippen LogP contribution is 2.17. The molecule has 6 nitrogen and oxygen atoms in total. The minimum absolute atomic E-state index is 0.184. The molecule has 0 saturated carbocycles. The Balaban J connectivity index is 1.54. The molecular weight excluding hydrogens is 356 g/mol. The second kappa shape index (κ2) is 8.89. The van der Waals surface area contributed by atoms with Crippen molar-refractivity contribution in [2.75, 3.05) is 20.3 Å². The van der Waals surface area contributed by atoms with Crippen molar-refractivity contribution in [1.29, 1.82) is 0 Å². The van der Waals surface area contributed by atoms with Crippen molar-refractivity contribution in [3.05, 3.63) is 59.5 Å². The Labute approximate surface area is 164 Å². The summed E-state index contributed by atoms with van der Waals surface area (Å²) in [5.41, 5.74) is 3.53. The van der Waals surface area contributed by atoms with E-state index < -0.39 is 0 Å². The molecule has 3 rings (SSSR count). The van der Waals surface area contributed by atoms with Crippen molar-refractivity contribution < 1.29 is 19.1 Å². The molecular formula is C22H26N2O4. The highest BCUT2D eigenvalue weighted by Gasteiger charge is 2.17. The molecule has 0 aliphatic rings. The molecule has 0 saturated heterocycles. The maximum atomic E-state index is 12.5. The van der Waals surface area contributed by atoms with Crippen LogP contribution in [-0.4, -0.2) is 41.2 Å². The predicted molar refractivity (Wildman–Crippen MR) is 108 cm³/mol. The number of carbonyl (C=O) groups is 2. The summed E-state index contributed by atoms with van der Waals surface area (Å²) in [6.45, 7) is 5.40. The van der Waals surface area contributed by atoms with E-state index in [9.17, 15) is 9.59 Å². The zero-order valence-electron chi connectivity index (χ0n) is 16.6. The molecule has 1 aromatic carbocycles. The van der Waals surface area contributed by atoms with Crippen LogP contribution in [0.2, 0.25) is 0 Å². The molecule has 28 heavy (non-hydrogen) atoms. The Bertz CT molecular complexity index is 984. The highest BCUT2D eigenvalue weighted by atomic mass is 16.5. The van der Waals surface area contributed by atoms with Crippen LogP contribution in [0, 0.1) is 13.8 Å². The van der Waals surface area contributed by atoms with Gasteiger partial charge in [0.15, 0.2) is 6.61 Å². The van der Waals surface area contributed by atoms with Crippen molar-refractivity contribution in [3.63, 3.8) is 0 Å². The van der Waals surface area contributed by atoms with Crippen molar-refractivity contribution in [2.45, 2.75) is 33.4 Å². The zero-order chi connectivity index (χ0) is 20.1.